The molecule has 33 heavy (non-hydrogen) atoms. The van der Waals surface area contributed by atoms with Crippen LogP contribution in [0.25, 0.3) is 0 Å². The number of benzene rings is 2. The molecule has 10 heteroatoms. The highest BCUT2D eigenvalue weighted by atomic mass is 32.2. The average molecular weight is 466 g/mol. The van der Waals surface area contributed by atoms with E-state index < -0.39 is 5.91 Å². The third kappa shape index (κ3) is 5.72. The smallest absolute Gasteiger partial charge is 0.248 e. The minimum Gasteiger partial charge on any atom is -0.497 e. The van der Waals surface area contributed by atoms with Crippen LogP contribution in [0.2, 0.25) is 0 Å². The number of nitrogens with zero attached hydrogens (tertiary/aromatic N) is 3. The first-order valence-corrected chi connectivity index (χ1v) is 11.1. The number of aromatic nitrogens is 2. The van der Waals surface area contributed by atoms with E-state index in [1.54, 1.807) is 37.6 Å². The molecule has 9 nitrogen and oxygen atoms in total. The summed E-state index contributed by atoms with van der Waals surface area (Å²) >= 11 is 1.41. The number of carbonyl (C=O) groups excluding carboxylic acids is 2. The fourth-order valence-electron chi connectivity index (χ4n) is 3.21. The second-order valence-electron chi connectivity index (χ2n) is 7.24. The summed E-state index contributed by atoms with van der Waals surface area (Å²) in [6, 6.07) is 14.5. The Bertz CT molecular complexity index is 1160. The molecule has 0 aliphatic carbocycles. The predicted octanol–water partition coefficient (Wildman–Crippen LogP) is 2.25. The lowest BCUT2D eigenvalue weighted by molar-refractivity contribution is -0.120. The number of primary amides is 1. The second kappa shape index (κ2) is 10.2. The molecule has 2 heterocycles. The van der Waals surface area contributed by atoms with Crippen molar-refractivity contribution in [2.75, 3.05) is 31.6 Å². The minimum absolute atomic E-state index is 0.0725. The molecule has 0 unspecified atom stereocenters. The molecule has 0 saturated carbocycles. The molecular formula is C23H23N5O4S. The molecule has 3 N–H and O–H groups in total. The van der Waals surface area contributed by atoms with Crippen LogP contribution >= 0.6 is 11.8 Å². The van der Waals surface area contributed by atoms with Crippen LogP contribution in [0, 0.1) is 0 Å². The molecule has 3 aromatic rings. The summed E-state index contributed by atoms with van der Waals surface area (Å²) in [6.07, 6.45) is 1.68. The van der Waals surface area contributed by atoms with Gasteiger partial charge in [-0.25, -0.2) is 4.98 Å². The minimum atomic E-state index is -0.480. The number of piperazine rings is 1. The fraction of sp³-hybridized carbons (Fsp3) is 0.217. The largest absolute Gasteiger partial charge is 0.497 e. The molecule has 0 bridgehead atoms. The van der Waals surface area contributed by atoms with E-state index in [9.17, 15) is 9.59 Å². The highest BCUT2D eigenvalue weighted by Crippen LogP contribution is 2.35. The van der Waals surface area contributed by atoms with Crippen LogP contribution in [0.15, 0.2) is 64.5 Å². The molecule has 1 aliphatic rings. The van der Waals surface area contributed by atoms with Crippen molar-refractivity contribution in [3.63, 3.8) is 0 Å². The number of hydrogen-bond donors (Lipinski definition) is 2. The number of methoxy groups -OCH3 is 1. The van der Waals surface area contributed by atoms with Crippen LogP contribution in [0.5, 0.6) is 11.6 Å². The third-order valence-corrected chi connectivity index (χ3v) is 5.91. The maximum Gasteiger partial charge on any atom is 0.248 e. The van der Waals surface area contributed by atoms with E-state index in [2.05, 4.69) is 15.3 Å². The first-order valence-electron chi connectivity index (χ1n) is 10.2. The summed E-state index contributed by atoms with van der Waals surface area (Å²) in [4.78, 5) is 35.6. The van der Waals surface area contributed by atoms with Gasteiger partial charge in [-0.1, -0.05) is 23.9 Å². The lowest BCUT2D eigenvalue weighted by Gasteiger charge is -2.27. The van der Waals surface area contributed by atoms with Crippen LogP contribution < -0.4 is 25.4 Å². The van der Waals surface area contributed by atoms with Crippen molar-refractivity contribution in [1.29, 1.82) is 0 Å². The molecular weight excluding hydrogens is 442 g/mol. The molecule has 2 amide bonds. The molecule has 2 aromatic carbocycles. The number of carbonyl (C=O) groups is 2. The summed E-state index contributed by atoms with van der Waals surface area (Å²) in [5, 5.41) is 2.79. The number of amides is 2. The Morgan fingerprint density at radius 2 is 2.06 bits per heavy atom. The molecule has 170 valence electrons. The van der Waals surface area contributed by atoms with Crippen molar-refractivity contribution < 1.29 is 19.1 Å². The number of anilines is 1. The monoisotopic (exact) mass is 465 g/mol. The van der Waals surface area contributed by atoms with Crippen LogP contribution in [-0.4, -0.2) is 48.5 Å². The van der Waals surface area contributed by atoms with E-state index in [1.165, 1.54) is 11.8 Å². The zero-order chi connectivity index (χ0) is 23.2. The van der Waals surface area contributed by atoms with Gasteiger partial charge < -0.3 is 25.4 Å². The quantitative estimate of drug-likeness (QED) is 0.520. The third-order valence-electron chi connectivity index (χ3n) is 4.91. The summed E-state index contributed by atoms with van der Waals surface area (Å²) in [7, 11) is 1.61. The molecule has 1 fully saturated rings. The van der Waals surface area contributed by atoms with Crippen LogP contribution in [0.3, 0.4) is 0 Å². The molecule has 1 aromatic heterocycles. The van der Waals surface area contributed by atoms with Crippen molar-refractivity contribution in [2.24, 2.45) is 5.73 Å². The first kappa shape index (κ1) is 22.4. The zero-order valence-electron chi connectivity index (χ0n) is 18.0. The Balaban J connectivity index is 1.59. The van der Waals surface area contributed by atoms with Crippen LogP contribution in [0.4, 0.5) is 5.95 Å². The second-order valence-corrected chi connectivity index (χ2v) is 8.36. The molecule has 4 rings (SSSR count). The van der Waals surface area contributed by atoms with E-state index in [0.29, 0.717) is 35.4 Å². The highest BCUT2D eigenvalue weighted by Gasteiger charge is 2.21. The average Bonchev–Trinajstić information content (AvgIpc) is 2.84. The predicted molar refractivity (Wildman–Crippen MR) is 124 cm³/mol. The van der Waals surface area contributed by atoms with Gasteiger partial charge in [-0.2, -0.15) is 4.98 Å². The highest BCUT2D eigenvalue weighted by molar-refractivity contribution is 7.99. The number of nitrogens with one attached hydrogen (secondary N) is 1. The lowest BCUT2D eigenvalue weighted by Crippen LogP contribution is -2.48. The Morgan fingerprint density at radius 3 is 2.79 bits per heavy atom. The maximum atomic E-state index is 11.8. The Kier molecular flexibility index (Phi) is 6.94. The van der Waals surface area contributed by atoms with E-state index in [0.717, 1.165) is 16.2 Å². The lowest BCUT2D eigenvalue weighted by atomic mass is 10.2. The zero-order valence-corrected chi connectivity index (χ0v) is 18.8. The first-order chi connectivity index (χ1) is 16.0. The SMILES string of the molecule is COc1cccc(COc2nc(N3CCNC(=O)C3)ncc2Sc2ccc(C(N)=O)cc2)c1. The van der Waals surface area contributed by atoms with Crippen molar-refractivity contribution in [3.05, 3.63) is 65.9 Å². The van der Waals surface area contributed by atoms with Gasteiger partial charge in [0.1, 0.15) is 12.4 Å². The van der Waals surface area contributed by atoms with Gasteiger partial charge >= 0.3 is 0 Å². The van der Waals surface area contributed by atoms with Crippen molar-refractivity contribution in [1.82, 2.24) is 15.3 Å². The summed E-state index contributed by atoms with van der Waals surface area (Å²) in [6.45, 7) is 1.62. The van der Waals surface area contributed by atoms with E-state index in [4.69, 9.17) is 15.2 Å². The maximum absolute atomic E-state index is 11.8. The molecule has 0 spiro atoms. The number of nitrogens with two attached hydrogens (primary N) is 1. The summed E-state index contributed by atoms with van der Waals surface area (Å²) < 4.78 is 11.4. The van der Waals surface area contributed by atoms with Gasteiger partial charge in [0.25, 0.3) is 0 Å². The van der Waals surface area contributed by atoms with Crippen LogP contribution in [0.1, 0.15) is 15.9 Å². The Morgan fingerprint density at radius 1 is 1.24 bits per heavy atom. The molecule has 0 radical (unpaired) electrons. The molecule has 0 atom stereocenters. The van der Waals surface area contributed by atoms with Gasteiger partial charge in [0.05, 0.1) is 24.7 Å². The number of ether oxygens (including phenoxy) is 2. The Labute approximate surface area is 195 Å². The van der Waals surface area contributed by atoms with Crippen molar-refractivity contribution in [3.8, 4) is 11.6 Å². The van der Waals surface area contributed by atoms with Crippen molar-refractivity contribution >= 4 is 29.5 Å². The van der Waals surface area contributed by atoms with Gasteiger partial charge in [-0.3, -0.25) is 9.59 Å². The normalized spacial score (nSPS) is 13.4. The summed E-state index contributed by atoms with van der Waals surface area (Å²) in [5.41, 5.74) is 6.68. The van der Waals surface area contributed by atoms with Gasteiger partial charge in [-0.15, -0.1) is 0 Å². The topological polar surface area (TPSA) is 120 Å². The number of hydrogen-bond acceptors (Lipinski definition) is 8. The van der Waals surface area contributed by atoms with E-state index in [-0.39, 0.29) is 19.1 Å². The van der Waals surface area contributed by atoms with E-state index >= 15 is 0 Å². The van der Waals surface area contributed by atoms with Crippen LogP contribution in [-0.2, 0) is 11.4 Å². The van der Waals surface area contributed by atoms with Gasteiger partial charge in [0.15, 0.2) is 0 Å². The fourth-order valence-corrected chi connectivity index (χ4v) is 4.03. The summed E-state index contributed by atoms with van der Waals surface area (Å²) in [5.74, 6) is 1.02. The molecule has 1 saturated heterocycles. The Hall–Kier alpha value is -3.79. The van der Waals surface area contributed by atoms with E-state index in [1.807, 2.05) is 29.2 Å². The molecule has 1 aliphatic heterocycles. The number of rotatable bonds is 8. The van der Waals surface area contributed by atoms with Crippen molar-refractivity contribution in [2.45, 2.75) is 16.4 Å². The van der Waals surface area contributed by atoms with Gasteiger partial charge in [0.2, 0.25) is 23.6 Å². The van der Waals surface area contributed by atoms with Gasteiger partial charge in [0, 0.05) is 23.5 Å². The van der Waals surface area contributed by atoms with Gasteiger partial charge in [-0.05, 0) is 42.0 Å². The standard InChI is InChI=1S/C23H23N5O4S/c1-31-17-4-2-3-15(11-17)14-32-22-19(33-18-7-5-16(6-8-18)21(24)30)12-26-23(27-22)28-10-9-25-20(29)13-28/h2-8,11-12H,9-10,13-14H2,1H3,(H2,24,30)(H,25,29).